The van der Waals surface area contributed by atoms with Gasteiger partial charge in [0.05, 0.1) is 12.1 Å². The Morgan fingerprint density at radius 1 is 1.38 bits per heavy atom. The Hall–Kier alpha value is -1.06. The van der Waals surface area contributed by atoms with E-state index in [1.165, 1.54) is 0 Å². The monoisotopic (exact) mass is 239 g/mol. The average Bonchev–Trinajstić information content (AvgIpc) is 3.09. The van der Waals surface area contributed by atoms with Crippen LogP contribution in [0.5, 0.6) is 0 Å². The lowest BCUT2D eigenvalue weighted by Crippen LogP contribution is -2.39. The molecule has 1 fully saturated rings. The van der Waals surface area contributed by atoms with Crippen molar-refractivity contribution in [1.29, 1.82) is 0 Å². The fourth-order valence-corrected chi connectivity index (χ4v) is 1.71. The van der Waals surface area contributed by atoms with E-state index >= 15 is 0 Å². The molecule has 2 rings (SSSR count). The molecule has 1 saturated carbocycles. The summed E-state index contributed by atoms with van der Waals surface area (Å²) in [6.07, 6.45) is 1.71. The standard InChI is InChI=1S/C12H14ClNO2/c13-7-9-1-3-10(4-2-9)11(16)14-12(8-15)5-6-12/h1-4,15H,5-8H2,(H,14,16). The Morgan fingerprint density at radius 3 is 2.44 bits per heavy atom. The molecule has 0 spiro atoms. The Kier molecular flexibility index (Phi) is 3.17. The molecule has 1 amide bonds. The van der Waals surface area contributed by atoms with E-state index in [1.807, 2.05) is 12.1 Å². The molecule has 2 N–H and O–H groups in total. The predicted octanol–water partition coefficient (Wildman–Crippen LogP) is 1.68. The quantitative estimate of drug-likeness (QED) is 0.786. The van der Waals surface area contributed by atoms with Crippen molar-refractivity contribution in [2.24, 2.45) is 0 Å². The van der Waals surface area contributed by atoms with Gasteiger partial charge >= 0.3 is 0 Å². The Balaban J connectivity index is 2.03. The van der Waals surface area contributed by atoms with Gasteiger partial charge in [-0.3, -0.25) is 4.79 Å². The first-order chi connectivity index (χ1) is 7.69. The molecule has 3 nitrogen and oxygen atoms in total. The van der Waals surface area contributed by atoms with E-state index in [-0.39, 0.29) is 18.1 Å². The number of halogens is 1. The third-order valence-corrected chi connectivity index (χ3v) is 3.21. The lowest BCUT2D eigenvalue weighted by atomic mass is 10.1. The minimum absolute atomic E-state index is 0.0124. The summed E-state index contributed by atoms with van der Waals surface area (Å²) in [5.41, 5.74) is 1.23. The van der Waals surface area contributed by atoms with Crippen LogP contribution in [0.3, 0.4) is 0 Å². The normalized spacial score (nSPS) is 16.9. The van der Waals surface area contributed by atoms with Crippen LogP contribution in [-0.2, 0) is 5.88 Å². The van der Waals surface area contributed by atoms with E-state index in [0.29, 0.717) is 11.4 Å². The van der Waals surface area contributed by atoms with Crippen LogP contribution in [0.1, 0.15) is 28.8 Å². The number of aliphatic hydroxyl groups is 1. The molecule has 16 heavy (non-hydrogen) atoms. The lowest BCUT2D eigenvalue weighted by molar-refractivity contribution is 0.0907. The third kappa shape index (κ3) is 2.36. The number of amides is 1. The molecule has 0 unspecified atom stereocenters. The maximum atomic E-state index is 11.8. The highest BCUT2D eigenvalue weighted by Gasteiger charge is 2.43. The van der Waals surface area contributed by atoms with Crippen molar-refractivity contribution in [1.82, 2.24) is 5.32 Å². The van der Waals surface area contributed by atoms with Crippen LogP contribution in [0.15, 0.2) is 24.3 Å². The summed E-state index contributed by atoms with van der Waals surface area (Å²) in [4.78, 5) is 11.8. The summed E-state index contributed by atoms with van der Waals surface area (Å²) < 4.78 is 0. The summed E-state index contributed by atoms with van der Waals surface area (Å²) in [5.74, 6) is 0.315. The first-order valence-corrected chi connectivity index (χ1v) is 5.81. The van der Waals surface area contributed by atoms with Gasteiger partial charge in [-0.2, -0.15) is 0 Å². The maximum absolute atomic E-state index is 11.8. The van der Waals surface area contributed by atoms with Gasteiger partial charge in [0.15, 0.2) is 0 Å². The Bertz CT molecular complexity index is 385. The zero-order chi connectivity index (χ0) is 11.6. The number of alkyl halides is 1. The van der Waals surface area contributed by atoms with Crippen molar-refractivity contribution in [2.45, 2.75) is 24.3 Å². The second-order valence-electron chi connectivity index (χ2n) is 4.22. The largest absolute Gasteiger partial charge is 0.394 e. The van der Waals surface area contributed by atoms with Gasteiger partial charge < -0.3 is 10.4 Å². The van der Waals surface area contributed by atoms with E-state index in [1.54, 1.807) is 12.1 Å². The Morgan fingerprint density at radius 2 is 2.00 bits per heavy atom. The van der Waals surface area contributed by atoms with Crippen LogP contribution >= 0.6 is 11.6 Å². The van der Waals surface area contributed by atoms with Crippen LogP contribution in [0.4, 0.5) is 0 Å². The molecule has 0 aliphatic heterocycles. The minimum atomic E-state index is -0.359. The molecular formula is C12H14ClNO2. The molecule has 1 aromatic rings. The van der Waals surface area contributed by atoms with Crippen LogP contribution in [0.2, 0.25) is 0 Å². The van der Waals surface area contributed by atoms with Crippen LogP contribution in [0.25, 0.3) is 0 Å². The molecule has 1 aliphatic rings. The van der Waals surface area contributed by atoms with Crippen LogP contribution in [-0.4, -0.2) is 23.2 Å². The molecule has 0 radical (unpaired) electrons. The van der Waals surface area contributed by atoms with Crippen molar-refractivity contribution in [3.63, 3.8) is 0 Å². The van der Waals surface area contributed by atoms with E-state index in [2.05, 4.69) is 5.32 Å². The van der Waals surface area contributed by atoms with E-state index < -0.39 is 0 Å². The highest BCUT2D eigenvalue weighted by Crippen LogP contribution is 2.34. The number of carbonyl (C=O) groups is 1. The van der Waals surface area contributed by atoms with Gasteiger partial charge in [-0.15, -0.1) is 11.6 Å². The molecule has 1 aromatic carbocycles. The number of aliphatic hydroxyl groups excluding tert-OH is 1. The number of nitrogens with one attached hydrogen (secondary N) is 1. The topological polar surface area (TPSA) is 49.3 Å². The molecule has 0 bridgehead atoms. The summed E-state index contributed by atoms with van der Waals surface area (Å²) >= 11 is 5.66. The second-order valence-corrected chi connectivity index (χ2v) is 4.49. The second kappa shape index (κ2) is 4.44. The molecule has 0 saturated heterocycles. The highest BCUT2D eigenvalue weighted by atomic mass is 35.5. The fourth-order valence-electron chi connectivity index (χ4n) is 1.53. The predicted molar refractivity (Wildman–Crippen MR) is 62.5 cm³/mol. The molecule has 1 aliphatic carbocycles. The SMILES string of the molecule is O=C(NC1(CO)CC1)c1ccc(CCl)cc1. The summed E-state index contributed by atoms with van der Waals surface area (Å²) in [6.45, 7) is 0.0124. The van der Waals surface area contributed by atoms with Crippen molar-refractivity contribution in [3.05, 3.63) is 35.4 Å². The zero-order valence-electron chi connectivity index (χ0n) is 8.87. The van der Waals surface area contributed by atoms with Crippen LogP contribution < -0.4 is 5.32 Å². The van der Waals surface area contributed by atoms with Gasteiger partial charge in [-0.1, -0.05) is 12.1 Å². The molecular weight excluding hydrogens is 226 g/mol. The zero-order valence-corrected chi connectivity index (χ0v) is 9.63. The minimum Gasteiger partial charge on any atom is -0.394 e. The number of rotatable bonds is 4. The molecule has 0 heterocycles. The highest BCUT2D eigenvalue weighted by molar-refractivity contribution is 6.17. The van der Waals surface area contributed by atoms with Gasteiger partial charge in [-0.05, 0) is 30.5 Å². The number of hydrogen-bond acceptors (Lipinski definition) is 2. The number of hydrogen-bond donors (Lipinski definition) is 2. The molecule has 86 valence electrons. The van der Waals surface area contributed by atoms with Crippen LogP contribution in [0, 0.1) is 0 Å². The average molecular weight is 240 g/mol. The molecule has 0 aromatic heterocycles. The summed E-state index contributed by atoms with van der Waals surface area (Å²) in [5, 5.41) is 12.0. The van der Waals surface area contributed by atoms with Crippen molar-refractivity contribution >= 4 is 17.5 Å². The fraction of sp³-hybridized carbons (Fsp3) is 0.417. The van der Waals surface area contributed by atoms with Gasteiger partial charge in [0.25, 0.3) is 5.91 Å². The van der Waals surface area contributed by atoms with E-state index in [9.17, 15) is 4.79 Å². The third-order valence-electron chi connectivity index (χ3n) is 2.91. The van der Waals surface area contributed by atoms with Gasteiger partial charge in [0, 0.05) is 11.4 Å². The van der Waals surface area contributed by atoms with Gasteiger partial charge in [0.2, 0.25) is 0 Å². The first-order valence-electron chi connectivity index (χ1n) is 5.27. The lowest BCUT2D eigenvalue weighted by Gasteiger charge is -2.14. The summed E-state index contributed by atoms with van der Waals surface area (Å²) in [6, 6.07) is 7.17. The number of benzene rings is 1. The molecule has 0 atom stereocenters. The maximum Gasteiger partial charge on any atom is 0.251 e. The smallest absolute Gasteiger partial charge is 0.251 e. The van der Waals surface area contributed by atoms with Crippen molar-refractivity contribution < 1.29 is 9.90 Å². The van der Waals surface area contributed by atoms with Crippen molar-refractivity contribution in [2.75, 3.05) is 6.61 Å². The number of carbonyl (C=O) groups excluding carboxylic acids is 1. The van der Waals surface area contributed by atoms with Gasteiger partial charge in [-0.25, -0.2) is 0 Å². The Labute approximate surface area is 99.4 Å². The first kappa shape index (κ1) is 11.4. The van der Waals surface area contributed by atoms with E-state index in [4.69, 9.17) is 16.7 Å². The molecule has 4 heteroatoms. The van der Waals surface area contributed by atoms with Crippen molar-refractivity contribution in [3.8, 4) is 0 Å². The van der Waals surface area contributed by atoms with Gasteiger partial charge in [0.1, 0.15) is 0 Å². The summed E-state index contributed by atoms with van der Waals surface area (Å²) in [7, 11) is 0. The van der Waals surface area contributed by atoms with E-state index in [0.717, 1.165) is 18.4 Å².